The average molecular weight is 407 g/mol. The molecule has 1 atom stereocenters. The number of ether oxygens (including phenoxy) is 2. The normalized spacial score (nSPS) is 15.7. The van der Waals surface area contributed by atoms with Crippen molar-refractivity contribution in [2.75, 3.05) is 0 Å². The molecule has 1 unspecified atom stereocenters. The molecule has 136 valence electrons. The van der Waals surface area contributed by atoms with Crippen molar-refractivity contribution in [3.05, 3.63) is 58.1 Å². The quantitative estimate of drug-likeness (QED) is 0.711. The SMILES string of the molecule is Cc1cc(Cl)ccc1Oc1cccc2c1C=C(C(=O)[O-])C(C(F)(F)F)O2.[Na+]. The second-order valence-electron chi connectivity index (χ2n) is 5.61. The fourth-order valence-corrected chi connectivity index (χ4v) is 2.76. The van der Waals surface area contributed by atoms with Gasteiger partial charge in [-0.15, -0.1) is 0 Å². The first-order chi connectivity index (χ1) is 12.2. The van der Waals surface area contributed by atoms with Gasteiger partial charge < -0.3 is 19.4 Å². The van der Waals surface area contributed by atoms with Crippen LogP contribution < -0.4 is 44.1 Å². The van der Waals surface area contributed by atoms with Gasteiger partial charge in [0.15, 0.2) is 0 Å². The Bertz CT molecular complexity index is 912. The van der Waals surface area contributed by atoms with Gasteiger partial charge in [-0.1, -0.05) is 17.7 Å². The summed E-state index contributed by atoms with van der Waals surface area (Å²) in [4.78, 5) is 11.2. The number of carboxylic acids is 1. The number of aryl methyl sites for hydroxylation is 1. The Hall–Kier alpha value is -1.67. The van der Waals surface area contributed by atoms with E-state index in [0.717, 1.165) is 6.08 Å². The molecular formula is C18H11ClF3NaO4. The number of carboxylic acid groups (broad SMARTS) is 1. The molecule has 0 saturated heterocycles. The van der Waals surface area contributed by atoms with Crippen LogP contribution in [0.5, 0.6) is 17.2 Å². The van der Waals surface area contributed by atoms with Crippen LogP contribution in [0.1, 0.15) is 11.1 Å². The molecule has 1 aliphatic heterocycles. The fourth-order valence-electron chi connectivity index (χ4n) is 2.53. The maximum atomic E-state index is 13.1. The third-order valence-electron chi connectivity index (χ3n) is 3.74. The zero-order chi connectivity index (χ0) is 19.1. The number of carbonyl (C=O) groups excluding carboxylic acids is 1. The van der Waals surface area contributed by atoms with E-state index in [-0.39, 0.29) is 46.6 Å². The Labute approximate surface area is 179 Å². The Kier molecular flexibility index (Phi) is 6.52. The van der Waals surface area contributed by atoms with Crippen molar-refractivity contribution >= 4 is 23.6 Å². The van der Waals surface area contributed by atoms with Gasteiger partial charge in [0.25, 0.3) is 0 Å². The summed E-state index contributed by atoms with van der Waals surface area (Å²) in [6.45, 7) is 1.75. The van der Waals surface area contributed by atoms with Crippen molar-refractivity contribution in [3.8, 4) is 17.2 Å². The third kappa shape index (κ3) is 4.60. The number of aliphatic carboxylic acids is 1. The van der Waals surface area contributed by atoms with E-state index in [1.807, 2.05) is 0 Å². The number of fused-ring (bicyclic) bond motifs is 1. The molecule has 0 spiro atoms. The van der Waals surface area contributed by atoms with E-state index in [1.165, 1.54) is 18.2 Å². The summed E-state index contributed by atoms with van der Waals surface area (Å²) >= 11 is 5.88. The maximum Gasteiger partial charge on any atom is 1.00 e. The fraction of sp³-hybridized carbons (Fsp3) is 0.167. The third-order valence-corrected chi connectivity index (χ3v) is 3.98. The molecule has 9 heteroatoms. The van der Waals surface area contributed by atoms with E-state index in [2.05, 4.69) is 0 Å². The number of halogens is 4. The van der Waals surface area contributed by atoms with Crippen molar-refractivity contribution in [1.82, 2.24) is 0 Å². The molecule has 0 aliphatic carbocycles. The van der Waals surface area contributed by atoms with Crippen LogP contribution in [0.3, 0.4) is 0 Å². The van der Waals surface area contributed by atoms with Crippen LogP contribution in [0.2, 0.25) is 5.02 Å². The topological polar surface area (TPSA) is 58.6 Å². The molecule has 0 radical (unpaired) electrons. The summed E-state index contributed by atoms with van der Waals surface area (Å²) in [5, 5.41) is 11.7. The predicted molar refractivity (Wildman–Crippen MR) is 86.2 cm³/mol. The minimum Gasteiger partial charge on any atom is -0.545 e. The average Bonchev–Trinajstić information content (AvgIpc) is 2.55. The van der Waals surface area contributed by atoms with Crippen LogP contribution in [0.25, 0.3) is 6.08 Å². The Morgan fingerprint density at radius 1 is 1.22 bits per heavy atom. The van der Waals surface area contributed by atoms with E-state index in [9.17, 15) is 23.1 Å². The number of hydrogen-bond donors (Lipinski definition) is 0. The first kappa shape index (κ1) is 21.6. The van der Waals surface area contributed by atoms with Gasteiger partial charge in [-0.2, -0.15) is 13.2 Å². The Balaban J connectivity index is 0.00000261. The molecule has 3 rings (SSSR count). The van der Waals surface area contributed by atoms with E-state index < -0.39 is 23.8 Å². The van der Waals surface area contributed by atoms with Gasteiger partial charge in [0.05, 0.1) is 11.5 Å². The summed E-state index contributed by atoms with van der Waals surface area (Å²) in [6.07, 6.45) is -6.63. The molecule has 0 saturated carbocycles. The van der Waals surface area contributed by atoms with E-state index >= 15 is 0 Å². The molecule has 0 bridgehead atoms. The van der Waals surface area contributed by atoms with Crippen LogP contribution in [0.4, 0.5) is 13.2 Å². The second kappa shape index (κ2) is 8.14. The molecule has 0 amide bonds. The van der Waals surface area contributed by atoms with E-state index in [1.54, 1.807) is 25.1 Å². The van der Waals surface area contributed by atoms with Gasteiger partial charge in [0.2, 0.25) is 6.10 Å². The molecule has 27 heavy (non-hydrogen) atoms. The van der Waals surface area contributed by atoms with Crippen molar-refractivity contribution in [3.63, 3.8) is 0 Å². The van der Waals surface area contributed by atoms with Gasteiger partial charge in [-0.3, -0.25) is 0 Å². The molecule has 2 aromatic rings. The number of alkyl halides is 3. The van der Waals surface area contributed by atoms with Crippen molar-refractivity contribution in [1.29, 1.82) is 0 Å². The smallest absolute Gasteiger partial charge is 0.545 e. The molecular weight excluding hydrogens is 396 g/mol. The number of carbonyl (C=O) groups is 1. The zero-order valence-corrected chi connectivity index (χ0v) is 17.0. The monoisotopic (exact) mass is 406 g/mol. The Morgan fingerprint density at radius 2 is 1.93 bits per heavy atom. The molecule has 2 aromatic carbocycles. The second-order valence-corrected chi connectivity index (χ2v) is 6.04. The maximum absolute atomic E-state index is 13.1. The summed E-state index contributed by atoms with van der Waals surface area (Å²) in [5.74, 6) is -1.53. The summed E-state index contributed by atoms with van der Waals surface area (Å²) in [7, 11) is 0. The largest absolute Gasteiger partial charge is 1.00 e. The zero-order valence-electron chi connectivity index (χ0n) is 14.3. The Morgan fingerprint density at radius 3 is 2.52 bits per heavy atom. The predicted octanol–water partition coefficient (Wildman–Crippen LogP) is 0.901. The van der Waals surface area contributed by atoms with Gasteiger partial charge in [0.1, 0.15) is 17.2 Å². The van der Waals surface area contributed by atoms with Crippen LogP contribution in [0, 0.1) is 6.92 Å². The minimum atomic E-state index is -4.90. The van der Waals surface area contributed by atoms with Crippen LogP contribution in [-0.2, 0) is 4.79 Å². The van der Waals surface area contributed by atoms with Crippen molar-refractivity contribution in [2.24, 2.45) is 0 Å². The van der Waals surface area contributed by atoms with Gasteiger partial charge in [0, 0.05) is 10.6 Å². The van der Waals surface area contributed by atoms with Gasteiger partial charge in [-0.25, -0.2) is 0 Å². The van der Waals surface area contributed by atoms with Crippen LogP contribution in [-0.4, -0.2) is 18.2 Å². The number of benzene rings is 2. The molecule has 4 nitrogen and oxygen atoms in total. The van der Waals surface area contributed by atoms with Crippen molar-refractivity contribution < 1.29 is 62.1 Å². The first-order valence-corrected chi connectivity index (χ1v) is 7.78. The standard InChI is InChI=1S/C18H12ClF3O4.Na/c1-9-7-10(19)5-6-13(9)25-14-3-2-4-15-11(14)8-12(17(23)24)16(26-15)18(20,21)22;/h2-8,16H,1H3,(H,23,24);/q;+1/p-1. The molecule has 1 aliphatic rings. The van der Waals surface area contributed by atoms with Gasteiger partial charge >= 0.3 is 35.7 Å². The summed E-state index contributed by atoms with van der Waals surface area (Å²) in [5.41, 5.74) is -0.237. The minimum absolute atomic E-state index is 0. The first-order valence-electron chi connectivity index (χ1n) is 7.40. The number of rotatable bonds is 3. The van der Waals surface area contributed by atoms with Crippen LogP contribution in [0.15, 0.2) is 42.0 Å². The summed E-state index contributed by atoms with van der Waals surface area (Å²) < 4.78 is 49.9. The van der Waals surface area contributed by atoms with Gasteiger partial charge in [-0.05, 0) is 48.9 Å². The molecule has 0 fully saturated rings. The molecule has 0 aromatic heterocycles. The number of hydrogen-bond acceptors (Lipinski definition) is 4. The van der Waals surface area contributed by atoms with Crippen molar-refractivity contribution in [2.45, 2.75) is 19.2 Å². The summed E-state index contributed by atoms with van der Waals surface area (Å²) in [6, 6.07) is 9.10. The van der Waals surface area contributed by atoms with E-state index in [0.29, 0.717) is 16.3 Å². The molecule has 1 heterocycles. The van der Waals surface area contributed by atoms with Crippen LogP contribution >= 0.6 is 11.6 Å². The molecule has 0 N–H and O–H groups in total. The van der Waals surface area contributed by atoms with E-state index in [4.69, 9.17) is 21.1 Å².